The van der Waals surface area contributed by atoms with Crippen LogP contribution in [0.1, 0.15) is 46.5 Å². The first-order chi connectivity index (χ1) is 10.3. The molecule has 0 unspecified atom stereocenters. The second kappa shape index (κ2) is 6.89. The summed E-state index contributed by atoms with van der Waals surface area (Å²) in [5.74, 6) is -0.0132. The lowest BCUT2D eigenvalue weighted by Gasteiger charge is -2.30. The third-order valence-electron chi connectivity index (χ3n) is 3.40. The Bertz CT molecular complexity index is 493. The van der Waals surface area contributed by atoms with Gasteiger partial charge in [-0.25, -0.2) is 19.2 Å². The molecule has 22 heavy (non-hydrogen) atoms. The van der Waals surface area contributed by atoms with Crippen molar-refractivity contribution in [1.82, 2.24) is 15.3 Å². The summed E-state index contributed by atoms with van der Waals surface area (Å²) < 4.78 is 18.0. The molecule has 1 aliphatic carbocycles. The van der Waals surface area contributed by atoms with Crippen LogP contribution in [0.4, 0.5) is 15.1 Å². The van der Waals surface area contributed by atoms with E-state index in [0.717, 1.165) is 38.1 Å². The summed E-state index contributed by atoms with van der Waals surface area (Å²) in [4.78, 5) is 19.5. The minimum absolute atomic E-state index is 0.127. The van der Waals surface area contributed by atoms with Gasteiger partial charge < -0.3 is 15.4 Å². The molecular formula is C15H23FN4O2. The van der Waals surface area contributed by atoms with Gasteiger partial charge in [-0.2, -0.15) is 0 Å². The van der Waals surface area contributed by atoms with Crippen molar-refractivity contribution >= 4 is 12.0 Å². The second-order valence-electron chi connectivity index (χ2n) is 6.56. The van der Waals surface area contributed by atoms with Crippen molar-refractivity contribution in [2.24, 2.45) is 0 Å². The highest BCUT2D eigenvalue weighted by atomic mass is 19.1. The second-order valence-corrected chi connectivity index (χ2v) is 6.56. The van der Waals surface area contributed by atoms with Crippen LogP contribution in [0.25, 0.3) is 0 Å². The van der Waals surface area contributed by atoms with Crippen molar-refractivity contribution in [2.75, 3.05) is 5.32 Å². The third kappa shape index (κ3) is 5.46. The van der Waals surface area contributed by atoms with Gasteiger partial charge in [0.15, 0.2) is 5.82 Å². The molecule has 1 aromatic heterocycles. The molecule has 0 aromatic carbocycles. The van der Waals surface area contributed by atoms with E-state index in [1.165, 1.54) is 0 Å². The highest BCUT2D eigenvalue weighted by Gasteiger charge is 2.25. The van der Waals surface area contributed by atoms with Crippen LogP contribution < -0.4 is 10.6 Å². The number of ether oxygens (including phenoxy) is 1. The van der Waals surface area contributed by atoms with E-state index in [2.05, 4.69) is 20.6 Å². The van der Waals surface area contributed by atoms with Crippen molar-refractivity contribution in [3.8, 4) is 0 Å². The third-order valence-corrected chi connectivity index (χ3v) is 3.40. The summed E-state index contributed by atoms with van der Waals surface area (Å²) in [5, 5.41) is 6.08. The van der Waals surface area contributed by atoms with Crippen LogP contribution in [0.5, 0.6) is 0 Å². The smallest absolute Gasteiger partial charge is 0.407 e. The summed E-state index contributed by atoms with van der Waals surface area (Å²) in [6.07, 6.45) is 5.42. The highest BCUT2D eigenvalue weighted by Crippen LogP contribution is 2.21. The van der Waals surface area contributed by atoms with Gasteiger partial charge in [0, 0.05) is 12.1 Å². The molecule has 2 N–H and O–H groups in total. The van der Waals surface area contributed by atoms with Crippen molar-refractivity contribution < 1.29 is 13.9 Å². The Morgan fingerprint density at radius 1 is 1.18 bits per heavy atom. The van der Waals surface area contributed by atoms with Crippen molar-refractivity contribution in [1.29, 1.82) is 0 Å². The molecule has 6 nitrogen and oxygen atoms in total. The van der Waals surface area contributed by atoms with Crippen LogP contribution >= 0.6 is 0 Å². The standard InChI is InChI=1S/C15H23FN4O2/c1-15(2,3)22-14(21)20-12-6-4-11(5-7-12)19-13-17-8-10(16)9-18-13/h8-9,11-12H,4-7H2,1-3H3,(H,20,21)(H,17,18,19). The molecule has 122 valence electrons. The summed E-state index contributed by atoms with van der Waals surface area (Å²) in [5.41, 5.74) is -0.483. The van der Waals surface area contributed by atoms with E-state index in [-0.39, 0.29) is 18.2 Å². The van der Waals surface area contributed by atoms with E-state index < -0.39 is 11.4 Å². The maximum absolute atomic E-state index is 12.8. The number of amides is 1. The zero-order chi connectivity index (χ0) is 16.2. The van der Waals surface area contributed by atoms with Crippen LogP contribution in [0.3, 0.4) is 0 Å². The molecule has 1 aromatic rings. The largest absolute Gasteiger partial charge is 0.444 e. The van der Waals surface area contributed by atoms with Gasteiger partial charge in [-0.15, -0.1) is 0 Å². The van der Waals surface area contributed by atoms with Gasteiger partial charge in [0.2, 0.25) is 5.95 Å². The zero-order valence-electron chi connectivity index (χ0n) is 13.2. The Labute approximate surface area is 129 Å². The topological polar surface area (TPSA) is 76.1 Å². The van der Waals surface area contributed by atoms with E-state index in [9.17, 15) is 9.18 Å². The number of alkyl carbamates (subject to hydrolysis) is 1. The molecule has 1 aliphatic rings. The van der Waals surface area contributed by atoms with Gasteiger partial charge in [0.05, 0.1) is 12.4 Å². The Kier molecular flexibility index (Phi) is 5.15. The number of hydrogen-bond acceptors (Lipinski definition) is 5. The van der Waals surface area contributed by atoms with Gasteiger partial charge in [0.1, 0.15) is 5.60 Å². The number of aromatic nitrogens is 2. The van der Waals surface area contributed by atoms with E-state index in [0.29, 0.717) is 5.95 Å². The number of halogens is 1. The molecule has 7 heteroatoms. The summed E-state index contributed by atoms with van der Waals surface area (Å²) in [7, 11) is 0. The molecule has 0 atom stereocenters. The molecule has 1 saturated carbocycles. The van der Waals surface area contributed by atoms with Crippen LogP contribution in [-0.4, -0.2) is 33.7 Å². The van der Waals surface area contributed by atoms with Gasteiger partial charge in [-0.05, 0) is 46.5 Å². The number of carbonyl (C=O) groups is 1. The van der Waals surface area contributed by atoms with Crippen LogP contribution in [0.2, 0.25) is 0 Å². The minimum Gasteiger partial charge on any atom is -0.444 e. The first-order valence-electron chi connectivity index (χ1n) is 7.55. The molecule has 1 heterocycles. The Morgan fingerprint density at radius 3 is 2.27 bits per heavy atom. The number of carbonyl (C=O) groups excluding carboxylic acids is 1. The monoisotopic (exact) mass is 310 g/mol. The van der Waals surface area contributed by atoms with Gasteiger partial charge in [-0.3, -0.25) is 0 Å². The van der Waals surface area contributed by atoms with Gasteiger partial charge in [-0.1, -0.05) is 0 Å². The first kappa shape index (κ1) is 16.5. The van der Waals surface area contributed by atoms with E-state index in [4.69, 9.17) is 4.74 Å². The highest BCUT2D eigenvalue weighted by molar-refractivity contribution is 5.68. The Balaban J connectivity index is 1.73. The van der Waals surface area contributed by atoms with Gasteiger partial charge in [0.25, 0.3) is 0 Å². The fraction of sp³-hybridized carbons (Fsp3) is 0.667. The molecule has 0 bridgehead atoms. The molecule has 0 spiro atoms. The molecule has 2 rings (SSSR count). The first-order valence-corrected chi connectivity index (χ1v) is 7.55. The SMILES string of the molecule is CC(C)(C)OC(=O)NC1CCC(Nc2ncc(F)cn2)CC1. The number of hydrogen-bond donors (Lipinski definition) is 2. The number of nitrogens with zero attached hydrogens (tertiary/aromatic N) is 2. The average Bonchev–Trinajstić information content (AvgIpc) is 2.41. The lowest BCUT2D eigenvalue weighted by atomic mass is 9.91. The maximum atomic E-state index is 12.8. The van der Waals surface area contributed by atoms with Crippen molar-refractivity contribution in [2.45, 2.75) is 64.1 Å². The quantitative estimate of drug-likeness (QED) is 0.898. The fourth-order valence-corrected chi connectivity index (χ4v) is 2.43. The lowest BCUT2D eigenvalue weighted by molar-refractivity contribution is 0.0492. The van der Waals surface area contributed by atoms with Gasteiger partial charge >= 0.3 is 6.09 Å². The number of nitrogens with one attached hydrogen (secondary N) is 2. The van der Waals surface area contributed by atoms with E-state index in [1.54, 1.807) is 0 Å². The molecule has 0 radical (unpaired) electrons. The minimum atomic E-state index is -0.483. The molecule has 1 fully saturated rings. The number of anilines is 1. The zero-order valence-corrected chi connectivity index (χ0v) is 13.2. The van der Waals surface area contributed by atoms with E-state index >= 15 is 0 Å². The average molecular weight is 310 g/mol. The normalized spacial score (nSPS) is 22.0. The molecule has 0 saturated heterocycles. The number of rotatable bonds is 3. The predicted octanol–water partition coefficient (Wildman–Crippen LogP) is 2.86. The van der Waals surface area contributed by atoms with Crippen LogP contribution in [-0.2, 0) is 4.74 Å². The van der Waals surface area contributed by atoms with Crippen molar-refractivity contribution in [3.63, 3.8) is 0 Å². The summed E-state index contributed by atoms with van der Waals surface area (Å²) in [6.45, 7) is 5.53. The fourth-order valence-electron chi connectivity index (χ4n) is 2.43. The van der Waals surface area contributed by atoms with Crippen LogP contribution in [0, 0.1) is 5.82 Å². The predicted molar refractivity (Wildman–Crippen MR) is 81.0 cm³/mol. The molecule has 1 amide bonds. The maximum Gasteiger partial charge on any atom is 0.407 e. The molecule has 0 aliphatic heterocycles. The van der Waals surface area contributed by atoms with Crippen LogP contribution in [0.15, 0.2) is 12.4 Å². The Morgan fingerprint density at radius 2 is 1.73 bits per heavy atom. The molecular weight excluding hydrogens is 287 g/mol. The van der Waals surface area contributed by atoms with Crippen molar-refractivity contribution in [3.05, 3.63) is 18.2 Å². The summed E-state index contributed by atoms with van der Waals surface area (Å²) in [6, 6.07) is 0.365. The summed E-state index contributed by atoms with van der Waals surface area (Å²) >= 11 is 0. The Hall–Kier alpha value is -1.92. The lowest BCUT2D eigenvalue weighted by Crippen LogP contribution is -2.42. The van der Waals surface area contributed by atoms with E-state index in [1.807, 2.05) is 20.8 Å².